The van der Waals surface area contributed by atoms with Gasteiger partial charge in [0.1, 0.15) is 17.3 Å². The molecule has 29 heavy (non-hydrogen) atoms. The largest absolute Gasteiger partial charge is 0.497 e. The van der Waals surface area contributed by atoms with E-state index in [-0.39, 0.29) is 11.3 Å². The Morgan fingerprint density at radius 2 is 1.31 bits per heavy atom. The fourth-order valence-corrected chi connectivity index (χ4v) is 3.04. The van der Waals surface area contributed by atoms with Crippen molar-refractivity contribution in [2.24, 2.45) is 0 Å². The van der Waals surface area contributed by atoms with Gasteiger partial charge in [-0.1, -0.05) is 24.3 Å². The van der Waals surface area contributed by atoms with Crippen LogP contribution in [0.25, 0.3) is 0 Å². The second-order valence-corrected chi connectivity index (χ2v) is 6.50. The van der Waals surface area contributed by atoms with Crippen molar-refractivity contribution in [3.05, 3.63) is 89.0 Å². The molecule has 3 aromatic carbocycles. The van der Waals surface area contributed by atoms with Crippen LogP contribution in [0.1, 0.15) is 21.5 Å². The van der Waals surface area contributed by atoms with E-state index in [1.807, 2.05) is 24.3 Å². The van der Waals surface area contributed by atoms with E-state index in [1.165, 1.54) is 0 Å². The SMILES string of the molecule is COc1ccc(CN(Cc2ccc(OC)cc2)c2cc(F)cc(C=O)c2F)cc1. The Morgan fingerprint density at radius 1 is 0.828 bits per heavy atom. The number of benzene rings is 3. The minimum Gasteiger partial charge on any atom is -0.497 e. The van der Waals surface area contributed by atoms with Gasteiger partial charge in [-0.15, -0.1) is 0 Å². The Labute approximate surface area is 168 Å². The summed E-state index contributed by atoms with van der Waals surface area (Å²) in [7, 11) is 3.15. The molecule has 3 rings (SSSR count). The Hall–Kier alpha value is -3.41. The molecule has 0 radical (unpaired) electrons. The number of carbonyl (C=O) groups excluding carboxylic acids is 1. The minimum absolute atomic E-state index is 0.0266. The number of ether oxygens (including phenoxy) is 2. The van der Waals surface area contributed by atoms with E-state index in [4.69, 9.17) is 9.47 Å². The molecule has 0 aliphatic carbocycles. The van der Waals surface area contributed by atoms with Gasteiger partial charge in [-0.05, 0) is 41.5 Å². The summed E-state index contributed by atoms with van der Waals surface area (Å²) in [6.45, 7) is 0.628. The summed E-state index contributed by atoms with van der Waals surface area (Å²) in [5, 5.41) is 0. The fourth-order valence-electron chi connectivity index (χ4n) is 3.04. The maximum absolute atomic E-state index is 14.9. The van der Waals surface area contributed by atoms with Gasteiger partial charge in [0, 0.05) is 19.2 Å². The summed E-state index contributed by atoms with van der Waals surface area (Å²) in [5.74, 6) is -0.00681. The number of methoxy groups -OCH3 is 2. The smallest absolute Gasteiger partial charge is 0.157 e. The van der Waals surface area contributed by atoms with Crippen LogP contribution >= 0.6 is 0 Å². The molecule has 0 saturated carbocycles. The van der Waals surface area contributed by atoms with Crippen molar-refractivity contribution in [1.29, 1.82) is 0 Å². The average Bonchev–Trinajstić information content (AvgIpc) is 2.75. The first-order valence-electron chi connectivity index (χ1n) is 8.99. The number of aldehydes is 1. The van der Waals surface area contributed by atoms with Crippen LogP contribution in [0.4, 0.5) is 14.5 Å². The van der Waals surface area contributed by atoms with Gasteiger partial charge in [-0.2, -0.15) is 0 Å². The lowest BCUT2D eigenvalue weighted by atomic mass is 10.1. The van der Waals surface area contributed by atoms with E-state index in [0.717, 1.165) is 23.3 Å². The van der Waals surface area contributed by atoms with Gasteiger partial charge < -0.3 is 14.4 Å². The van der Waals surface area contributed by atoms with Gasteiger partial charge in [0.25, 0.3) is 0 Å². The van der Waals surface area contributed by atoms with E-state index in [9.17, 15) is 13.6 Å². The Bertz CT molecular complexity index is 923. The standard InChI is InChI=1S/C23H21F2NO3/c1-28-20-7-3-16(4-8-20)13-26(14-17-5-9-21(29-2)10-6-17)22-12-19(24)11-18(15-27)23(22)25/h3-12,15H,13-14H2,1-2H3. The highest BCUT2D eigenvalue weighted by Crippen LogP contribution is 2.28. The van der Waals surface area contributed by atoms with Crippen LogP contribution in [0, 0.1) is 11.6 Å². The van der Waals surface area contributed by atoms with Crippen LogP contribution in [0.5, 0.6) is 11.5 Å². The topological polar surface area (TPSA) is 38.8 Å². The Kier molecular flexibility index (Phi) is 6.44. The first-order valence-corrected chi connectivity index (χ1v) is 8.99. The normalized spacial score (nSPS) is 10.5. The number of anilines is 1. The maximum Gasteiger partial charge on any atom is 0.157 e. The van der Waals surface area contributed by atoms with Gasteiger partial charge >= 0.3 is 0 Å². The zero-order valence-corrected chi connectivity index (χ0v) is 16.2. The van der Waals surface area contributed by atoms with E-state index >= 15 is 0 Å². The predicted molar refractivity (Wildman–Crippen MR) is 108 cm³/mol. The van der Waals surface area contributed by atoms with Crippen molar-refractivity contribution >= 4 is 12.0 Å². The van der Waals surface area contributed by atoms with E-state index in [0.29, 0.717) is 30.9 Å². The third-order valence-corrected chi connectivity index (χ3v) is 4.58. The van der Waals surface area contributed by atoms with Crippen molar-refractivity contribution < 1.29 is 23.0 Å². The molecule has 4 nitrogen and oxygen atoms in total. The summed E-state index contributed by atoms with van der Waals surface area (Å²) in [6.07, 6.45) is 0.320. The molecule has 150 valence electrons. The number of nitrogens with zero attached hydrogens (tertiary/aromatic N) is 1. The highest BCUT2D eigenvalue weighted by atomic mass is 19.1. The third-order valence-electron chi connectivity index (χ3n) is 4.58. The molecule has 0 heterocycles. The average molecular weight is 397 g/mol. The molecule has 3 aromatic rings. The lowest BCUT2D eigenvalue weighted by Crippen LogP contribution is -2.24. The number of hydrogen-bond acceptors (Lipinski definition) is 4. The second-order valence-electron chi connectivity index (χ2n) is 6.50. The zero-order chi connectivity index (χ0) is 20.8. The van der Waals surface area contributed by atoms with Gasteiger partial charge in [-0.3, -0.25) is 4.79 Å². The fraction of sp³-hybridized carbons (Fsp3) is 0.174. The second kappa shape index (κ2) is 9.19. The van der Waals surface area contributed by atoms with Crippen molar-refractivity contribution in [3.8, 4) is 11.5 Å². The highest BCUT2D eigenvalue weighted by Gasteiger charge is 2.18. The van der Waals surface area contributed by atoms with Gasteiger partial charge in [0.05, 0.1) is 25.5 Å². The van der Waals surface area contributed by atoms with Gasteiger partial charge in [0.2, 0.25) is 0 Å². The van der Waals surface area contributed by atoms with Gasteiger partial charge in [0.15, 0.2) is 12.1 Å². The first kappa shape index (κ1) is 20.3. The van der Waals surface area contributed by atoms with Crippen molar-refractivity contribution in [1.82, 2.24) is 0 Å². The molecule has 0 saturated heterocycles. The maximum atomic E-state index is 14.9. The lowest BCUT2D eigenvalue weighted by Gasteiger charge is -2.26. The van der Waals surface area contributed by atoms with Crippen LogP contribution < -0.4 is 14.4 Å². The molecule has 0 spiro atoms. The number of hydrogen-bond donors (Lipinski definition) is 0. The molecular formula is C23H21F2NO3. The number of rotatable bonds is 8. The van der Waals surface area contributed by atoms with Gasteiger partial charge in [-0.25, -0.2) is 8.78 Å². The quantitative estimate of drug-likeness (QED) is 0.502. The predicted octanol–water partition coefficient (Wildman–Crippen LogP) is 5.00. The number of carbonyl (C=O) groups is 1. The lowest BCUT2D eigenvalue weighted by molar-refractivity contribution is 0.111. The van der Waals surface area contributed by atoms with Crippen LogP contribution in [0.15, 0.2) is 60.7 Å². The van der Waals surface area contributed by atoms with Crippen LogP contribution in [-0.4, -0.2) is 20.5 Å². The van der Waals surface area contributed by atoms with Crippen LogP contribution in [0.3, 0.4) is 0 Å². The van der Waals surface area contributed by atoms with Crippen molar-refractivity contribution in [2.45, 2.75) is 13.1 Å². The number of halogens is 2. The monoisotopic (exact) mass is 397 g/mol. The van der Waals surface area contributed by atoms with E-state index in [2.05, 4.69) is 0 Å². The Morgan fingerprint density at radius 3 is 1.72 bits per heavy atom. The van der Waals surface area contributed by atoms with E-state index in [1.54, 1.807) is 43.4 Å². The molecule has 0 bridgehead atoms. The van der Waals surface area contributed by atoms with Crippen molar-refractivity contribution in [2.75, 3.05) is 19.1 Å². The molecule has 0 aromatic heterocycles. The summed E-state index contributed by atoms with van der Waals surface area (Å²) >= 11 is 0. The van der Waals surface area contributed by atoms with E-state index < -0.39 is 11.6 Å². The molecule has 6 heteroatoms. The molecule has 0 aliphatic heterocycles. The molecule has 0 fully saturated rings. The molecular weight excluding hydrogens is 376 g/mol. The van der Waals surface area contributed by atoms with Crippen LogP contribution in [0.2, 0.25) is 0 Å². The third kappa shape index (κ3) is 4.90. The van der Waals surface area contributed by atoms with Crippen molar-refractivity contribution in [3.63, 3.8) is 0 Å². The molecule has 0 N–H and O–H groups in total. The Balaban J connectivity index is 1.98. The molecule has 0 aliphatic rings. The summed E-state index contributed by atoms with van der Waals surface area (Å²) in [4.78, 5) is 12.8. The summed E-state index contributed by atoms with van der Waals surface area (Å²) < 4.78 is 39.2. The molecule has 0 amide bonds. The zero-order valence-electron chi connectivity index (χ0n) is 16.2. The summed E-state index contributed by atoms with van der Waals surface area (Å²) in [5.41, 5.74) is 1.49. The van der Waals surface area contributed by atoms with Crippen LogP contribution in [-0.2, 0) is 13.1 Å². The highest BCUT2D eigenvalue weighted by molar-refractivity contribution is 5.78. The minimum atomic E-state index is -0.747. The molecule has 0 atom stereocenters. The first-order chi connectivity index (χ1) is 14.0. The molecule has 0 unspecified atom stereocenters. The summed E-state index contributed by atoms with van der Waals surface area (Å²) in [6, 6.07) is 16.7.